The van der Waals surface area contributed by atoms with Crippen molar-refractivity contribution in [3.05, 3.63) is 70.7 Å². The Morgan fingerprint density at radius 1 is 1.00 bits per heavy atom. The molecule has 0 aliphatic carbocycles. The van der Waals surface area contributed by atoms with Crippen LogP contribution in [0.25, 0.3) is 10.8 Å². The predicted octanol–water partition coefficient (Wildman–Crippen LogP) is 4.84. The molecular formula is C25H25ClN2O4S. The van der Waals surface area contributed by atoms with E-state index in [4.69, 9.17) is 16.3 Å². The summed E-state index contributed by atoms with van der Waals surface area (Å²) in [6, 6.07) is 17.1. The van der Waals surface area contributed by atoms with Gasteiger partial charge in [-0.15, -0.1) is 11.8 Å². The Morgan fingerprint density at radius 2 is 1.64 bits per heavy atom. The number of thioether (sulfide) groups is 1. The minimum absolute atomic E-state index is 0.0361. The molecule has 0 unspecified atom stereocenters. The Hall–Kier alpha value is -3.03. The third-order valence-corrected chi connectivity index (χ3v) is 6.42. The van der Waals surface area contributed by atoms with Crippen LogP contribution in [0.5, 0.6) is 0 Å². The van der Waals surface area contributed by atoms with Crippen LogP contribution in [-0.2, 0) is 19.1 Å². The first-order valence-corrected chi connectivity index (χ1v) is 11.7. The van der Waals surface area contributed by atoms with Crippen LogP contribution in [0, 0.1) is 13.8 Å². The van der Waals surface area contributed by atoms with Crippen LogP contribution in [-0.4, -0.2) is 48.6 Å². The molecule has 8 heteroatoms. The first kappa shape index (κ1) is 24.6. The fraction of sp³-hybridized carbons (Fsp3) is 0.240. The fourth-order valence-corrected chi connectivity index (χ4v) is 4.55. The van der Waals surface area contributed by atoms with Crippen LogP contribution in [0.15, 0.2) is 59.5 Å². The number of hydrogen-bond acceptors (Lipinski definition) is 5. The number of amides is 2. The maximum Gasteiger partial charge on any atom is 0.316 e. The number of aryl methyl sites for hydroxylation is 2. The van der Waals surface area contributed by atoms with Crippen molar-refractivity contribution in [2.24, 2.45) is 0 Å². The van der Waals surface area contributed by atoms with Crippen molar-refractivity contribution >= 4 is 57.6 Å². The SMILES string of the molecule is Cc1cccc(C)c1NC(=O)CN(C)C(=O)COC(=O)CSc1cccc2cccc(Cl)c12. The highest BCUT2D eigenvalue weighted by atomic mass is 35.5. The van der Waals surface area contributed by atoms with E-state index in [1.54, 1.807) is 6.07 Å². The Kier molecular flexibility index (Phi) is 8.36. The summed E-state index contributed by atoms with van der Waals surface area (Å²) in [6.45, 7) is 3.23. The zero-order valence-electron chi connectivity index (χ0n) is 18.7. The van der Waals surface area contributed by atoms with Gasteiger partial charge in [0.1, 0.15) is 0 Å². The number of nitrogens with one attached hydrogen (secondary N) is 1. The van der Waals surface area contributed by atoms with Gasteiger partial charge < -0.3 is 15.0 Å². The average Bonchev–Trinajstić information content (AvgIpc) is 2.78. The number of carbonyl (C=O) groups excluding carboxylic acids is 3. The molecule has 0 spiro atoms. The quantitative estimate of drug-likeness (QED) is 0.365. The molecule has 0 aliphatic heterocycles. The molecule has 3 aromatic rings. The molecule has 0 fully saturated rings. The summed E-state index contributed by atoms with van der Waals surface area (Å²) < 4.78 is 5.11. The van der Waals surface area contributed by atoms with Crippen molar-refractivity contribution in [3.8, 4) is 0 Å². The van der Waals surface area contributed by atoms with E-state index in [0.717, 1.165) is 32.5 Å². The third kappa shape index (κ3) is 6.49. The smallest absolute Gasteiger partial charge is 0.316 e. The van der Waals surface area contributed by atoms with Crippen LogP contribution in [0.1, 0.15) is 11.1 Å². The van der Waals surface area contributed by atoms with E-state index >= 15 is 0 Å². The van der Waals surface area contributed by atoms with E-state index in [2.05, 4.69) is 5.32 Å². The molecule has 0 saturated carbocycles. The molecule has 0 aromatic heterocycles. The largest absolute Gasteiger partial charge is 0.455 e. The first-order chi connectivity index (χ1) is 15.8. The number of likely N-dealkylation sites (N-methyl/N-ethyl adjacent to an activating group) is 1. The Balaban J connectivity index is 1.47. The van der Waals surface area contributed by atoms with Gasteiger partial charge in [0, 0.05) is 28.0 Å². The van der Waals surface area contributed by atoms with Gasteiger partial charge in [0.15, 0.2) is 6.61 Å². The molecule has 2 amide bonds. The highest BCUT2D eigenvalue weighted by Gasteiger charge is 2.17. The van der Waals surface area contributed by atoms with E-state index in [1.165, 1.54) is 23.7 Å². The van der Waals surface area contributed by atoms with E-state index in [1.807, 2.05) is 62.4 Å². The molecule has 0 heterocycles. The van der Waals surface area contributed by atoms with Gasteiger partial charge >= 0.3 is 5.97 Å². The summed E-state index contributed by atoms with van der Waals surface area (Å²) in [6.07, 6.45) is 0. The number of hydrogen-bond donors (Lipinski definition) is 1. The van der Waals surface area contributed by atoms with Gasteiger partial charge in [-0.1, -0.05) is 54.1 Å². The molecule has 1 N–H and O–H groups in total. The lowest BCUT2D eigenvalue weighted by Crippen LogP contribution is -2.37. The normalized spacial score (nSPS) is 10.7. The molecule has 3 aromatic carbocycles. The number of para-hydroxylation sites is 1. The van der Waals surface area contributed by atoms with Gasteiger partial charge in [-0.25, -0.2) is 0 Å². The number of rotatable bonds is 8. The van der Waals surface area contributed by atoms with Gasteiger partial charge in [0.25, 0.3) is 5.91 Å². The van der Waals surface area contributed by atoms with Crippen molar-refractivity contribution < 1.29 is 19.1 Å². The van der Waals surface area contributed by atoms with E-state index in [9.17, 15) is 14.4 Å². The van der Waals surface area contributed by atoms with Crippen LogP contribution < -0.4 is 5.32 Å². The minimum atomic E-state index is -0.522. The summed E-state index contributed by atoms with van der Waals surface area (Å²) in [7, 11) is 1.49. The van der Waals surface area contributed by atoms with Crippen LogP contribution in [0.4, 0.5) is 5.69 Å². The van der Waals surface area contributed by atoms with Crippen LogP contribution in [0.2, 0.25) is 5.02 Å². The van der Waals surface area contributed by atoms with Crippen molar-refractivity contribution in [3.63, 3.8) is 0 Å². The van der Waals surface area contributed by atoms with Crippen molar-refractivity contribution in [2.45, 2.75) is 18.7 Å². The van der Waals surface area contributed by atoms with Crippen LogP contribution in [0.3, 0.4) is 0 Å². The lowest BCUT2D eigenvalue weighted by atomic mass is 10.1. The second-order valence-corrected chi connectivity index (χ2v) is 9.03. The highest BCUT2D eigenvalue weighted by Crippen LogP contribution is 2.33. The standard InChI is InChI=1S/C25H25ClN2O4S/c1-16-7-4-8-17(2)25(16)27-21(29)13-28(3)22(30)14-32-23(31)15-33-20-12-6-10-18-9-5-11-19(26)24(18)20/h4-12H,13-15H2,1-3H3,(H,27,29). The predicted molar refractivity (Wildman–Crippen MR) is 133 cm³/mol. The lowest BCUT2D eigenvalue weighted by Gasteiger charge is -2.18. The van der Waals surface area contributed by atoms with Crippen molar-refractivity contribution in [1.82, 2.24) is 4.90 Å². The zero-order chi connectivity index (χ0) is 24.0. The molecule has 33 heavy (non-hydrogen) atoms. The summed E-state index contributed by atoms with van der Waals surface area (Å²) >= 11 is 7.61. The Morgan fingerprint density at radius 3 is 2.33 bits per heavy atom. The monoisotopic (exact) mass is 484 g/mol. The summed E-state index contributed by atoms with van der Waals surface area (Å²) in [5.41, 5.74) is 2.62. The Bertz CT molecular complexity index is 1170. The summed E-state index contributed by atoms with van der Waals surface area (Å²) in [5.74, 6) is -1.27. The molecule has 6 nitrogen and oxygen atoms in total. The minimum Gasteiger partial charge on any atom is -0.455 e. The Labute approximate surface area is 202 Å². The van der Waals surface area contributed by atoms with Crippen molar-refractivity contribution in [2.75, 3.05) is 31.3 Å². The molecule has 0 aliphatic rings. The third-order valence-electron chi connectivity index (χ3n) is 5.07. The van der Waals surface area contributed by atoms with E-state index in [-0.39, 0.29) is 18.2 Å². The molecule has 0 bridgehead atoms. The van der Waals surface area contributed by atoms with Crippen molar-refractivity contribution in [1.29, 1.82) is 0 Å². The highest BCUT2D eigenvalue weighted by molar-refractivity contribution is 8.00. The number of halogens is 1. The number of nitrogens with zero attached hydrogens (tertiary/aromatic N) is 1. The summed E-state index contributed by atoms with van der Waals surface area (Å²) in [4.78, 5) is 38.9. The molecule has 0 atom stereocenters. The first-order valence-electron chi connectivity index (χ1n) is 10.3. The average molecular weight is 485 g/mol. The van der Waals surface area contributed by atoms with E-state index < -0.39 is 18.5 Å². The van der Waals surface area contributed by atoms with Crippen LogP contribution >= 0.6 is 23.4 Å². The maximum atomic E-state index is 12.3. The number of fused-ring (bicyclic) bond motifs is 1. The van der Waals surface area contributed by atoms with Gasteiger partial charge in [0.2, 0.25) is 5.91 Å². The molecular weight excluding hydrogens is 460 g/mol. The van der Waals surface area contributed by atoms with Gasteiger partial charge in [-0.05, 0) is 42.5 Å². The molecule has 0 saturated heterocycles. The second-order valence-electron chi connectivity index (χ2n) is 7.61. The van der Waals surface area contributed by atoms with Gasteiger partial charge in [-0.2, -0.15) is 0 Å². The maximum absolute atomic E-state index is 12.3. The number of esters is 1. The zero-order valence-corrected chi connectivity index (χ0v) is 20.3. The molecule has 3 rings (SSSR count). The molecule has 172 valence electrons. The van der Waals surface area contributed by atoms with Gasteiger partial charge in [-0.3, -0.25) is 14.4 Å². The number of anilines is 1. The number of carbonyl (C=O) groups is 3. The topological polar surface area (TPSA) is 75.7 Å². The van der Waals surface area contributed by atoms with E-state index in [0.29, 0.717) is 5.02 Å². The number of benzene rings is 3. The second kappa shape index (κ2) is 11.2. The lowest BCUT2D eigenvalue weighted by molar-refractivity contribution is -0.149. The van der Waals surface area contributed by atoms with Gasteiger partial charge in [0.05, 0.1) is 12.3 Å². The number of ether oxygens (including phenoxy) is 1. The molecule has 0 radical (unpaired) electrons. The fourth-order valence-electron chi connectivity index (χ4n) is 3.31. The summed E-state index contributed by atoms with van der Waals surface area (Å²) in [5, 5.41) is 5.31.